The van der Waals surface area contributed by atoms with Crippen molar-refractivity contribution < 1.29 is 9.90 Å². The summed E-state index contributed by atoms with van der Waals surface area (Å²) in [7, 11) is 3.84. The van der Waals surface area contributed by atoms with Crippen molar-refractivity contribution in [3.05, 3.63) is 34.3 Å². The van der Waals surface area contributed by atoms with E-state index >= 15 is 0 Å². The highest BCUT2D eigenvalue weighted by atomic mass is 79.9. The first-order chi connectivity index (χ1) is 7.91. The van der Waals surface area contributed by atoms with Crippen LogP contribution in [0.15, 0.2) is 28.7 Å². The van der Waals surface area contributed by atoms with Crippen LogP contribution >= 0.6 is 15.9 Å². The van der Waals surface area contributed by atoms with Crippen LogP contribution in [0.3, 0.4) is 0 Å². The van der Waals surface area contributed by atoms with Crippen LogP contribution in [0.4, 0.5) is 0 Å². The Kier molecular flexibility index (Phi) is 5.11. The lowest BCUT2D eigenvalue weighted by Gasteiger charge is -2.26. The summed E-state index contributed by atoms with van der Waals surface area (Å²) in [6.07, 6.45) is 0.393. The molecule has 0 heterocycles. The Hall–Kier alpha value is -0.910. The minimum Gasteiger partial charge on any atom is -0.480 e. The molecule has 0 amide bonds. The number of benzene rings is 1. The molecule has 0 aliphatic rings. The summed E-state index contributed by atoms with van der Waals surface area (Å²) in [5, 5.41) is 8.85. The van der Waals surface area contributed by atoms with Crippen molar-refractivity contribution in [1.29, 1.82) is 0 Å². The van der Waals surface area contributed by atoms with E-state index in [1.807, 2.05) is 43.3 Å². The first kappa shape index (κ1) is 14.2. The molecule has 5 heteroatoms. The van der Waals surface area contributed by atoms with E-state index in [1.54, 1.807) is 0 Å². The molecule has 0 saturated heterocycles. The van der Waals surface area contributed by atoms with Crippen LogP contribution in [-0.2, 0) is 4.79 Å². The number of aliphatic carboxylic acids is 1. The zero-order chi connectivity index (χ0) is 13.0. The number of rotatable bonds is 5. The van der Waals surface area contributed by atoms with Crippen molar-refractivity contribution in [2.75, 3.05) is 14.1 Å². The summed E-state index contributed by atoms with van der Waals surface area (Å²) < 4.78 is 1.00. The fourth-order valence-corrected chi connectivity index (χ4v) is 1.94. The van der Waals surface area contributed by atoms with Crippen LogP contribution < -0.4 is 5.73 Å². The molecule has 0 spiro atoms. The number of hydrogen-bond donors (Lipinski definition) is 2. The lowest BCUT2D eigenvalue weighted by molar-refractivity contribution is -0.139. The molecule has 2 atom stereocenters. The molecule has 0 aliphatic heterocycles. The van der Waals surface area contributed by atoms with Gasteiger partial charge in [-0.05, 0) is 38.2 Å². The molecule has 1 rings (SSSR count). The molecule has 17 heavy (non-hydrogen) atoms. The standard InChI is InChI=1S/C12H17BrN2O2/c1-15(2)11(7-10(14)12(16)17)8-3-5-9(13)6-4-8/h3-6,10-11H,7,14H2,1-2H3,(H,16,17). The predicted molar refractivity (Wildman–Crippen MR) is 70.8 cm³/mol. The Morgan fingerprint density at radius 3 is 2.35 bits per heavy atom. The number of carboxylic acids is 1. The summed E-state index contributed by atoms with van der Waals surface area (Å²) in [5.41, 5.74) is 6.65. The number of hydrogen-bond acceptors (Lipinski definition) is 3. The van der Waals surface area contributed by atoms with E-state index in [-0.39, 0.29) is 6.04 Å². The zero-order valence-corrected chi connectivity index (χ0v) is 11.5. The van der Waals surface area contributed by atoms with Crippen LogP contribution in [0, 0.1) is 0 Å². The molecule has 0 saturated carbocycles. The van der Waals surface area contributed by atoms with Gasteiger partial charge < -0.3 is 15.7 Å². The number of carbonyl (C=O) groups is 1. The smallest absolute Gasteiger partial charge is 0.320 e. The van der Waals surface area contributed by atoms with Crippen molar-refractivity contribution in [3.8, 4) is 0 Å². The van der Waals surface area contributed by atoms with Crippen LogP contribution in [0.2, 0.25) is 0 Å². The van der Waals surface area contributed by atoms with Gasteiger partial charge in [-0.25, -0.2) is 0 Å². The second-order valence-electron chi connectivity index (χ2n) is 4.21. The van der Waals surface area contributed by atoms with Crippen LogP contribution in [-0.4, -0.2) is 36.1 Å². The van der Waals surface area contributed by atoms with Crippen LogP contribution in [0.1, 0.15) is 18.0 Å². The van der Waals surface area contributed by atoms with Gasteiger partial charge >= 0.3 is 5.97 Å². The van der Waals surface area contributed by atoms with Crippen molar-refractivity contribution in [2.24, 2.45) is 5.73 Å². The molecule has 0 bridgehead atoms. The Bertz CT molecular complexity index is 379. The van der Waals surface area contributed by atoms with Gasteiger partial charge in [0.2, 0.25) is 0 Å². The number of halogens is 1. The van der Waals surface area contributed by atoms with E-state index in [1.165, 1.54) is 0 Å². The first-order valence-electron chi connectivity index (χ1n) is 5.32. The summed E-state index contributed by atoms with van der Waals surface area (Å²) >= 11 is 3.37. The fourth-order valence-electron chi connectivity index (χ4n) is 1.67. The molecule has 0 fully saturated rings. The van der Waals surface area contributed by atoms with E-state index in [9.17, 15) is 4.79 Å². The molecule has 3 N–H and O–H groups in total. The summed E-state index contributed by atoms with van der Waals surface area (Å²) in [5.74, 6) is -0.964. The second-order valence-corrected chi connectivity index (χ2v) is 5.13. The van der Waals surface area contributed by atoms with Gasteiger partial charge in [0.15, 0.2) is 0 Å². The normalized spacial score (nSPS) is 14.6. The third-order valence-electron chi connectivity index (χ3n) is 2.67. The molecule has 2 unspecified atom stereocenters. The molecule has 94 valence electrons. The summed E-state index contributed by atoms with van der Waals surface area (Å²) in [6, 6.07) is 7.00. The van der Waals surface area contributed by atoms with Gasteiger partial charge in [0.25, 0.3) is 0 Å². The van der Waals surface area contributed by atoms with Gasteiger partial charge in [-0.3, -0.25) is 4.79 Å². The SMILES string of the molecule is CN(C)C(CC(N)C(=O)O)c1ccc(Br)cc1. The minimum atomic E-state index is -0.964. The van der Waals surface area contributed by atoms with Gasteiger partial charge in [-0.2, -0.15) is 0 Å². The van der Waals surface area contributed by atoms with Gasteiger partial charge in [-0.1, -0.05) is 28.1 Å². The van der Waals surface area contributed by atoms with Crippen LogP contribution in [0.25, 0.3) is 0 Å². The highest BCUT2D eigenvalue weighted by Crippen LogP contribution is 2.24. The van der Waals surface area contributed by atoms with Crippen molar-refractivity contribution >= 4 is 21.9 Å². The largest absolute Gasteiger partial charge is 0.480 e. The maximum atomic E-state index is 10.8. The lowest BCUT2D eigenvalue weighted by atomic mass is 9.99. The maximum Gasteiger partial charge on any atom is 0.320 e. The van der Waals surface area contributed by atoms with Gasteiger partial charge in [0.1, 0.15) is 6.04 Å². The van der Waals surface area contributed by atoms with E-state index in [0.717, 1.165) is 10.0 Å². The average molecular weight is 301 g/mol. The lowest BCUT2D eigenvalue weighted by Crippen LogP contribution is -2.35. The molecule has 0 aliphatic carbocycles. The van der Waals surface area contributed by atoms with Gasteiger partial charge in [0, 0.05) is 10.5 Å². The molecule has 1 aromatic rings. The van der Waals surface area contributed by atoms with Crippen molar-refractivity contribution in [2.45, 2.75) is 18.5 Å². The first-order valence-corrected chi connectivity index (χ1v) is 6.11. The number of nitrogens with two attached hydrogens (primary N) is 1. The predicted octanol–water partition coefficient (Wildman–Crippen LogP) is 1.85. The minimum absolute atomic E-state index is 0.00852. The Labute approximate surface area is 110 Å². The molecule has 4 nitrogen and oxygen atoms in total. The topological polar surface area (TPSA) is 66.6 Å². The van der Waals surface area contributed by atoms with Crippen LogP contribution in [0.5, 0.6) is 0 Å². The third kappa shape index (κ3) is 4.11. The van der Waals surface area contributed by atoms with E-state index in [2.05, 4.69) is 15.9 Å². The van der Waals surface area contributed by atoms with E-state index in [0.29, 0.717) is 6.42 Å². The molecule has 1 aromatic carbocycles. The van der Waals surface area contributed by atoms with Gasteiger partial charge in [-0.15, -0.1) is 0 Å². The quantitative estimate of drug-likeness (QED) is 0.871. The molecule has 0 radical (unpaired) electrons. The molecule has 0 aromatic heterocycles. The zero-order valence-electron chi connectivity index (χ0n) is 9.93. The van der Waals surface area contributed by atoms with Crippen molar-refractivity contribution in [3.63, 3.8) is 0 Å². The fraction of sp³-hybridized carbons (Fsp3) is 0.417. The van der Waals surface area contributed by atoms with E-state index < -0.39 is 12.0 Å². The summed E-state index contributed by atoms with van der Waals surface area (Å²) in [6.45, 7) is 0. The maximum absolute atomic E-state index is 10.8. The second kappa shape index (κ2) is 6.14. The third-order valence-corrected chi connectivity index (χ3v) is 3.20. The number of carboxylic acid groups (broad SMARTS) is 1. The highest BCUT2D eigenvalue weighted by Gasteiger charge is 2.21. The Morgan fingerprint density at radius 1 is 1.41 bits per heavy atom. The van der Waals surface area contributed by atoms with Gasteiger partial charge in [0.05, 0.1) is 0 Å². The monoisotopic (exact) mass is 300 g/mol. The Morgan fingerprint density at radius 2 is 1.94 bits per heavy atom. The van der Waals surface area contributed by atoms with E-state index in [4.69, 9.17) is 10.8 Å². The summed E-state index contributed by atoms with van der Waals surface area (Å²) in [4.78, 5) is 12.8. The number of nitrogens with zero attached hydrogens (tertiary/aromatic N) is 1. The average Bonchev–Trinajstić information content (AvgIpc) is 2.26. The molecular weight excluding hydrogens is 284 g/mol. The Balaban J connectivity index is 2.86. The molecular formula is C12H17BrN2O2. The highest BCUT2D eigenvalue weighted by molar-refractivity contribution is 9.10. The van der Waals surface area contributed by atoms with Crippen molar-refractivity contribution in [1.82, 2.24) is 4.90 Å².